The highest BCUT2D eigenvalue weighted by molar-refractivity contribution is 6.32. The van der Waals surface area contributed by atoms with Crippen LogP contribution in [-0.4, -0.2) is 24.3 Å². The van der Waals surface area contributed by atoms with E-state index in [4.69, 9.17) is 20.9 Å². The number of ether oxygens (including phenoxy) is 1. The minimum Gasteiger partial charge on any atom is -0.492 e. The topological polar surface area (TPSA) is 76.4 Å². The summed E-state index contributed by atoms with van der Waals surface area (Å²) < 4.78 is 10.4. The standard InChI is InChI=1S/C14H16ClN3O3/c1-10-9-13(18-21-10)17-14(19)16-7-4-8-20-12-6-3-2-5-11(12)15/h2-3,5-6,9H,4,7-8H2,1H3,(H2,16,17,18,19). The van der Waals surface area contributed by atoms with Crippen molar-refractivity contribution >= 4 is 23.4 Å². The van der Waals surface area contributed by atoms with E-state index in [0.717, 1.165) is 0 Å². The lowest BCUT2D eigenvalue weighted by molar-refractivity contribution is 0.250. The smallest absolute Gasteiger partial charge is 0.320 e. The lowest BCUT2D eigenvalue weighted by atomic mass is 10.3. The molecule has 112 valence electrons. The minimum absolute atomic E-state index is 0.332. The molecular weight excluding hydrogens is 294 g/mol. The van der Waals surface area contributed by atoms with Gasteiger partial charge in [0.2, 0.25) is 0 Å². The Morgan fingerprint density at radius 1 is 1.43 bits per heavy atom. The van der Waals surface area contributed by atoms with Crippen molar-refractivity contribution in [1.29, 1.82) is 0 Å². The Bertz CT molecular complexity index is 601. The second-order valence-corrected chi connectivity index (χ2v) is 4.74. The predicted molar refractivity (Wildman–Crippen MR) is 79.8 cm³/mol. The van der Waals surface area contributed by atoms with Crippen molar-refractivity contribution in [2.45, 2.75) is 13.3 Å². The zero-order valence-corrected chi connectivity index (χ0v) is 12.3. The summed E-state index contributed by atoms with van der Waals surface area (Å²) >= 11 is 5.96. The summed E-state index contributed by atoms with van der Waals surface area (Å²) in [6.07, 6.45) is 0.663. The first kappa shape index (κ1) is 15.2. The predicted octanol–water partition coefficient (Wildman–Crippen LogP) is 3.23. The summed E-state index contributed by atoms with van der Waals surface area (Å²) in [5.41, 5.74) is 0. The maximum atomic E-state index is 11.5. The van der Waals surface area contributed by atoms with Gasteiger partial charge >= 0.3 is 6.03 Å². The van der Waals surface area contributed by atoms with E-state index in [1.807, 2.05) is 12.1 Å². The van der Waals surface area contributed by atoms with Gasteiger partial charge in [-0.3, -0.25) is 5.32 Å². The fourth-order valence-corrected chi connectivity index (χ4v) is 1.79. The van der Waals surface area contributed by atoms with Crippen LogP contribution in [-0.2, 0) is 0 Å². The molecule has 0 unspecified atom stereocenters. The molecule has 2 amide bonds. The van der Waals surface area contributed by atoms with Crippen molar-refractivity contribution in [3.63, 3.8) is 0 Å². The molecule has 1 aromatic carbocycles. The average Bonchev–Trinajstić information content (AvgIpc) is 2.85. The summed E-state index contributed by atoms with van der Waals surface area (Å²) in [6.45, 7) is 2.70. The molecule has 0 saturated carbocycles. The Hall–Kier alpha value is -2.21. The lowest BCUT2D eigenvalue weighted by Crippen LogP contribution is -2.30. The number of hydrogen-bond acceptors (Lipinski definition) is 4. The van der Waals surface area contributed by atoms with Crippen molar-refractivity contribution < 1.29 is 14.1 Å². The van der Waals surface area contributed by atoms with E-state index in [1.54, 1.807) is 25.1 Å². The number of nitrogens with zero attached hydrogens (tertiary/aromatic N) is 1. The third kappa shape index (κ3) is 5.00. The summed E-state index contributed by atoms with van der Waals surface area (Å²) in [6, 6.07) is 8.57. The van der Waals surface area contributed by atoms with Crippen LogP contribution in [0, 0.1) is 6.92 Å². The van der Waals surface area contributed by atoms with Crippen LogP contribution in [0.5, 0.6) is 5.75 Å². The van der Waals surface area contributed by atoms with E-state index < -0.39 is 0 Å². The lowest BCUT2D eigenvalue weighted by Gasteiger charge is -2.08. The zero-order valence-electron chi connectivity index (χ0n) is 11.6. The van der Waals surface area contributed by atoms with E-state index in [0.29, 0.717) is 41.9 Å². The second kappa shape index (κ2) is 7.54. The number of benzene rings is 1. The second-order valence-electron chi connectivity index (χ2n) is 4.34. The third-order valence-corrected chi connectivity index (χ3v) is 2.88. The Kier molecular flexibility index (Phi) is 5.45. The fourth-order valence-electron chi connectivity index (χ4n) is 1.60. The molecule has 0 aliphatic carbocycles. The normalized spacial score (nSPS) is 10.2. The summed E-state index contributed by atoms with van der Waals surface area (Å²) in [5.74, 6) is 1.66. The molecule has 0 aliphatic rings. The maximum Gasteiger partial charge on any atom is 0.320 e. The van der Waals surface area contributed by atoms with Gasteiger partial charge in [0, 0.05) is 12.6 Å². The van der Waals surface area contributed by atoms with Gasteiger partial charge in [0.05, 0.1) is 11.6 Å². The van der Waals surface area contributed by atoms with Gasteiger partial charge in [-0.15, -0.1) is 0 Å². The molecule has 6 nitrogen and oxygen atoms in total. The Morgan fingerprint density at radius 2 is 2.24 bits per heavy atom. The highest BCUT2D eigenvalue weighted by Gasteiger charge is 2.05. The van der Waals surface area contributed by atoms with E-state index >= 15 is 0 Å². The zero-order chi connectivity index (χ0) is 15.1. The number of aromatic nitrogens is 1. The third-order valence-electron chi connectivity index (χ3n) is 2.57. The quantitative estimate of drug-likeness (QED) is 0.803. The van der Waals surface area contributed by atoms with Crippen LogP contribution in [0.4, 0.5) is 10.6 Å². The van der Waals surface area contributed by atoms with Crippen molar-refractivity contribution in [3.8, 4) is 5.75 Å². The monoisotopic (exact) mass is 309 g/mol. The van der Waals surface area contributed by atoms with Gasteiger partial charge in [-0.25, -0.2) is 4.79 Å². The van der Waals surface area contributed by atoms with Gasteiger partial charge in [-0.2, -0.15) is 0 Å². The first-order valence-corrected chi connectivity index (χ1v) is 6.88. The number of hydrogen-bond donors (Lipinski definition) is 2. The molecule has 21 heavy (non-hydrogen) atoms. The van der Waals surface area contributed by atoms with Crippen LogP contribution in [0.1, 0.15) is 12.2 Å². The number of nitrogens with one attached hydrogen (secondary N) is 2. The number of carbonyl (C=O) groups excluding carboxylic acids is 1. The van der Waals surface area contributed by atoms with E-state index in [9.17, 15) is 4.79 Å². The molecule has 0 atom stereocenters. The van der Waals surface area contributed by atoms with Crippen LogP contribution < -0.4 is 15.4 Å². The highest BCUT2D eigenvalue weighted by Crippen LogP contribution is 2.22. The van der Waals surface area contributed by atoms with Crippen molar-refractivity contribution in [2.24, 2.45) is 0 Å². The van der Waals surface area contributed by atoms with Crippen molar-refractivity contribution in [1.82, 2.24) is 10.5 Å². The number of halogens is 1. The number of aryl methyl sites for hydroxylation is 1. The van der Waals surface area contributed by atoms with Crippen LogP contribution in [0.3, 0.4) is 0 Å². The molecule has 1 heterocycles. The first-order valence-electron chi connectivity index (χ1n) is 6.50. The van der Waals surface area contributed by atoms with Gasteiger partial charge in [-0.1, -0.05) is 28.9 Å². The molecule has 0 aliphatic heterocycles. The summed E-state index contributed by atoms with van der Waals surface area (Å²) in [4.78, 5) is 11.5. The largest absolute Gasteiger partial charge is 0.492 e. The van der Waals surface area contributed by atoms with Crippen LogP contribution >= 0.6 is 11.6 Å². The maximum absolute atomic E-state index is 11.5. The molecule has 0 spiro atoms. The number of anilines is 1. The number of carbonyl (C=O) groups is 1. The Labute approximate surface area is 127 Å². The molecule has 0 fully saturated rings. The molecule has 1 aromatic heterocycles. The first-order chi connectivity index (χ1) is 10.1. The molecule has 0 saturated heterocycles. The van der Waals surface area contributed by atoms with Crippen molar-refractivity contribution in [3.05, 3.63) is 41.1 Å². The Morgan fingerprint density at radius 3 is 2.95 bits per heavy atom. The molecule has 2 rings (SSSR count). The minimum atomic E-state index is -0.332. The number of amides is 2. The van der Waals surface area contributed by atoms with Crippen LogP contribution in [0.25, 0.3) is 0 Å². The van der Waals surface area contributed by atoms with Gasteiger partial charge < -0.3 is 14.6 Å². The van der Waals surface area contributed by atoms with E-state index in [2.05, 4.69) is 15.8 Å². The molecule has 2 aromatic rings. The summed E-state index contributed by atoms with van der Waals surface area (Å²) in [7, 11) is 0. The number of urea groups is 1. The van der Waals surface area contributed by atoms with E-state index in [-0.39, 0.29) is 6.03 Å². The molecule has 0 radical (unpaired) electrons. The number of rotatable bonds is 6. The van der Waals surface area contributed by atoms with Crippen LogP contribution in [0.15, 0.2) is 34.9 Å². The molecule has 7 heteroatoms. The SMILES string of the molecule is Cc1cc(NC(=O)NCCCOc2ccccc2Cl)no1. The van der Waals surface area contributed by atoms with Crippen LogP contribution in [0.2, 0.25) is 5.02 Å². The number of para-hydroxylation sites is 1. The van der Waals surface area contributed by atoms with Crippen molar-refractivity contribution in [2.75, 3.05) is 18.5 Å². The summed E-state index contributed by atoms with van der Waals surface area (Å²) in [5, 5.41) is 9.50. The Balaban J connectivity index is 1.61. The van der Waals surface area contributed by atoms with Gasteiger partial charge in [0.25, 0.3) is 0 Å². The van der Waals surface area contributed by atoms with E-state index in [1.165, 1.54) is 0 Å². The average molecular weight is 310 g/mol. The van der Waals surface area contributed by atoms with Gasteiger partial charge in [-0.05, 0) is 25.5 Å². The van der Waals surface area contributed by atoms with Gasteiger partial charge in [0.1, 0.15) is 11.5 Å². The fraction of sp³-hybridized carbons (Fsp3) is 0.286. The molecule has 2 N–H and O–H groups in total. The molecular formula is C14H16ClN3O3. The van der Waals surface area contributed by atoms with Gasteiger partial charge in [0.15, 0.2) is 5.82 Å². The highest BCUT2D eigenvalue weighted by atomic mass is 35.5. The molecule has 0 bridgehead atoms.